The number of nitrogens with one attached hydrogen (secondary N) is 1. The van der Waals surface area contributed by atoms with E-state index in [9.17, 15) is 5.11 Å². The molecule has 0 aliphatic heterocycles. The highest BCUT2D eigenvalue weighted by atomic mass is 35.5. The predicted octanol–water partition coefficient (Wildman–Crippen LogP) is 3.95. The van der Waals surface area contributed by atoms with Gasteiger partial charge in [0, 0.05) is 22.1 Å². The standard InChI is InChI=1S/C14H19Cl2NO/c1-9(11-7-6-10(15)8-12(11)16)17-13-4-2-3-5-14(13)18/h6-9,13-14,17-18H,2-5H2,1H3/t9?,13-,14-/m1/s1. The van der Waals surface area contributed by atoms with Crippen LogP contribution in [0.2, 0.25) is 10.0 Å². The summed E-state index contributed by atoms with van der Waals surface area (Å²) in [7, 11) is 0. The van der Waals surface area contributed by atoms with Crippen molar-refractivity contribution in [3.63, 3.8) is 0 Å². The van der Waals surface area contributed by atoms with E-state index < -0.39 is 0 Å². The van der Waals surface area contributed by atoms with Crippen molar-refractivity contribution < 1.29 is 5.11 Å². The topological polar surface area (TPSA) is 32.3 Å². The number of aliphatic hydroxyl groups excluding tert-OH is 1. The van der Waals surface area contributed by atoms with Gasteiger partial charge < -0.3 is 10.4 Å². The molecule has 1 aliphatic rings. The fourth-order valence-corrected chi connectivity index (χ4v) is 3.14. The Morgan fingerprint density at radius 3 is 2.67 bits per heavy atom. The lowest BCUT2D eigenvalue weighted by atomic mass is 9.91. The molecule has 0 heterocycles. The van der Waals surface area contributed by atoms with Crippen LogP contribution >= 0.6 is 23.2 Å². The highest BCUT2D eigenvalue weighted by molar-refractivity contribution is 6.35. The zero-order chi connectivity index (χ0) is 13.1. The van der Waals surface area contributed by atoms with Crippen molar-refractivity contribution in [2.75, 3.05) is 0 Å². The van der Waals surface area contributed by atoms with E-state index in [2.05, 4.69) is 12.2 Å². The minimum atomic E-state index is -0.243. The van der Waals surface area contributed by atoms with Crippen molar-refractivity contribution in [3.05, 3.63) is 33.8 Å². The van der Waals surface area contributed by atoms with Gasteiger partial charge in [-0.05, 0) is 37.5 Å². The third kappa shape index (κ3) is 3.39. The number of halogens is 2. The van der Waals surface area contributed by atoms with Crippen LogP contribution in [0.3, 0.4) is 0 Å². The molecule has 0 amide bonds. The van der Waals surface area contributed by atoms with Crippen molar-refractivity contribution in [1.29, 1.82) is 0 Å². The Bertz CT molecular complexity index is 411. The summed E-state index contributed by atoms with van der Waals surface area (Å²) >= 11 is 12.1. The summed E-state index contributed by atoms with van der Waals surface area (Å²) in [5.41, 5.74) is 1.03. The molecule has 18 heavy (non-hydrogen) atoms. The molecule has 4 heteroatoms. The van der Waals surface area contributed by atoms with Crippen molar-refractivity contribution in [2.45, 2.75) is 50.8 Å². The van der Waals surface area contributed by atoms with Gasteiger partial charge in [-0.1, -0.05) is 42.1 Å². The van der Waals surface area contributed by atoms with Gasteiger partial charge in [-0.25, -0.2) is 0 Å². The number of hydrogen-bond acceptors (Lipinski definition) is 2. The largest absolute Gasteiger partial charge is 0.392 e. The zero-order valence-corrected chi connectivity index (χ0v) is 12.0. The second-order valence-corrected chi connectivity index (χ2v) is 5.86. The Morgan fingerprint density at radius 2 is 2.00 bits per heavy atom. The summed E-state index contributed by atoms with van der Waals surface area (Å²) in [5.74, 6) is 0. The van der Waals surface area contributed by atoms with Gasteiger partial charge in [0.15, 0.2) is 0 Å². The maximum Gasteiger partial charge on any atom is 0.0693 e. The molecular formula is C14H19Cl2NO. The van der Waals surface area contributed by atoms with E-state index in [1.54, 1.807) is 6.07 Å². The third-order valence-corrected chi connectivity index (χ3v) is 4.18. The highest BCUT2D eigenvalue weighted by Gasteiger charge is 2.24. The Morgan fingerprint density at radius 1 is 1.28 bits per heavy atom. The number of rotatable bonds is 3. The molecule has 1 aliphatic carbocycles. The van der Waals surface area contributed by atoms with E-state index in [1.165, 1.54) is 6.42 Å². The van der Waals surface area contributed by atoms with E-state index in [1.807, 2.05) is 12.1 Å². The van der Waals surface area contributed by atoms with Crippen LogP contribution in [-0.2, 0) is 0 Å². The molecule has 0 aromatic heterocycles. The number of benzene rings is 1. The fourth-order valence-electron chi connectivity index (χ4n) is 2.57. The van der Waals surface area contributed by atoms with Crippen molar-refractivity contribution in [1.82, 2.24) is 5.32 Å². The van der Waals surface area contributed by atoms with Gasteiger partial charge in [0.25, 0.3) is 0 Å². The third-order valence-electron chi connectivity index (χ3n) is 3.62. The minimum Gasteiger partial charge on any atom is -0.392 e. The average Bonchev–Trinajstić information content (AvgIpc) is 2.32. The predicted molar refractivity (Wildman–Crippen MR) is 76.3 cm³/mol. The molecule has 0 radical (unpaired) electrons. The molecule has 2 nitrogen and oxygen atoms in total. The summed E-state index contributed by atoms with van der Waals surface area (Å²) in [5, 5.41) is 14.7. The van der Waals surface area contributed by atoms with Gasteiger partial charge in [0.05, 0.1) is 6.10 Å². The SMILES string of the molecule is CC(N[C@@H]1CCCC[C@H]1O)c1ccc(Cl)cc1Cl. The highest BCUT2D eigenvalue weighted by Crippen LogP contribution is 2.28. The number of hydrogen-bond donors (Lipinski definition) is 2. The van der Waals surface area contributed by atoms with E-state index >= 15 is 0 Å². The van der Waals surface area contributed by atoms with Crippen LogP contribution in [0, 0.1) is 0 Å². The first kappa shape index (κ1) is 14.1. The lowest BCUT2D eigenvalue weighted by molar-refractivity contribution is 0.0860. The molecule has 1 fully saturated rings. The maximum atomic E-state index is 9.96. The van der Waals surface area contributed by atoms with Gasteiger partial charge in [-0.15, -0.1) is 0 Å². The minimum absolute atomic E-state index is 0.118. The van der Waals surface area contributed by atoms with Crippen LogP contribution in [0.5, 0.6) is 0 Å². The maximum absolute atomic E-state index is 9.96. The van der Waals surface area contributed by atoms with Gasteiger partial charge in [0.1, 0.15) is 0 Å². The van der Waals surface area contributed by atoms with Gasteiger partial charge >= 0.3 is 0 Å². The molecule has 3 atom stereocenters. The lowest BCUT2D eigenvalue weighted by Crippen LogP contribution is -2.43. The monoisotopic (exact) mass is 287 g/mol. The quantitative estimate of drug-likeness (QED) is 0.882. The summed E-state index contributed by atoms with van der Waals surface area (Å²) in [6, 6.07) is 5.83. The summed E-state index contributed by atoms with van der Waals surface area (Å²) in [6.45, 7) is 2.07. The molecule has 0 saturated heterocycles. The molecule has 2 N–H and O–H groups in total. The van der Waals surface area contributed by atoms with Crippen LogP contribution < -0.4 is 5.32 Å². The zero-order valence-electron chi connectivity index (χ0n) is 10.5. The summed E-state index contributed by atoms with van der Waals surface area (Å²) in [6.07, 6.45) is 3.97. The van der Waals surface area contributed by atoms with Crippen molar-refractivity contribution in [2.24, 2.45) is 0 Å². The summed E-state index contributed by atoms with van der Waals surface area (Å²) < 4.78 is 0. The molecular weight excluding hydrogens is 269 g/mol. The average molecular weight is 288 g/mol. The van der Waals surface area contributed by atoms with Gasteiger partial charge in [-0.2, -0.15) is 0 Å². The van der Waals surface area contributed by atoms with Crippen LogP contribution in [-0.4, -0.2) is 17.3 Å². The van der Waals surface area contributed by atoms with Gasteiger partial charge in [0.2, 0.25) is 0 Å². The van der Waals surface area contributed by atoms with E-state index in [-0.39, 0.29) is 18.2 Å². The van der Waals surface area contributed by atoms with E-state index in [0.29, 0.717) is 10.0 Å². The first-order chi connectivity index (χ1) is 8.58. The molecule has 100 valence electrons. The van der Waals surface area contributed by atoms with Crippen LogP contribution in [0.15, 0.2) is 18.2 Å². The first-order valence-electron chi connectivity index (χ1n) is 6.47. The Balaban J connectivity index is 2.04. The lowest BCUT2D eigenvalue weighted by Gasteiger charge is -2.31. The van der Waals surface area contributed by atoms with Crippen molar-refractivity contribution >= 4 is 23.2 Å². The molecule has 0 bridgehead atoms. The smallest absolute Gasteiger partial charge is 0.0693 e. The molecule has 0 spiro atoms. The summed E-state index contributed by atoms with van der Waals surface area (Å²) in [4.78, 5) is 0. The van der Waals surface area contributed by atoms with E-state index in [4.69, 9.17) is 23.2 Å². The van der Waals surface area contributed by atoms with Crippen LogP contribution in [0.4, 0.5) is 0 Å². The van der Waals surface area contributed by atoms with Gasteiger partial charge in [-0.3, -0.25) is 0 Å². The molecule has 1 aromatic rings. The van der Waals surface area contributed by atoms with Crippen molar-refractivity contribution in [3.8, 4) is 0 Å². The Kier molecular flexibility index (Phi) is 4.91. The number of aliphatic hydroxyl groups is 1. The Labute approximate surface area is 118 Å². The fraction of sp³-hybridized carbons (Fsp3) is 0.571. The molecule has 1 aromatic carbocycles. The Hall–Kier alpha value is -0.280. The normalized spacial score (nSPS) is 26.0. The molecule has 2 rings (SSSR count). The van der Waals surface area contributed by atoms with Crippen LogP contribution in [0.25, 0.3) is 0 Å². The second kappa shape index (κ2) is 6.25. The van der Waals surface area contributed by atoms with Crippen LogP contribution in [0.1, 0.15) is 44.2 Å². The van der Waals surface area contributed by atoms with E-state index in [0.717, 1.165) is 24.8 Å². The molecule has 1 saturated carbocycles. The second-order valence-electron chi connectivity index (χ2n) is 5.01. The molecule has 1 unspecified atom stereocenters. The first-order valence-corrected chi connectivity index (χ1v) is 7.22.